The summed E-state index contributed by atoms with van der Waals surface area (Å²) in [7, 11) is 0. The molecule has 464 valence electrons. The SMILES string of the molecule is NC(=O)C1(/C=C/[C@H](N)Cc2c[nH]c3ccccc23)COC1.NC(=O)C1(C(=O)CC[C@H](N)Cc2c[nH]c3ccccc23)COC1.N[C@@H](/C=C/C1(C(=O)O)COC1)Cc1c[nH]c2ccccc12.N[C@@H](CCC(=O)C1(C(=O)O)COC1)Cc1c[nH]c2ccccc12. The van der Waals surface area contributed by atoms with E-state index in [0.717, 1.165) is 54.9 Å². The lowest BCUT2D eigenvalue weighted by Crippen LogP contribution is -2.57. The highest BCUT2D eigenvalue weighted by Gasteiger charge is 2.53. The molecular formula is C66H78N10O12. The van der Waals surface area contributed by atoms with Crippen LogP contribution in [0.3, 0.4) is 0 Å². The summed E-state index contributed by atoms with van der Waals surface area (Å²) in [6.07, 6.45) is 19.0. The van der Waals surface area contributed by atoms with Crippen LogP contribution >= 0.6 is 0 Å². The number of fused-ring (bicyclic) bond motifs is 4. The highest BCUT2D eigenvalue weighted by Crippen LogP contribution is 2.34. The second-order valence-electron chi connectivity index (χ2n) is 23.5. The van der Waals surface area contributed by atoms with Gasteiger partial charge in [-0.1, -0.05) is 97.1 Å². The molecule has 4 aliphatic heterocycles. The second-order valence-corrected chi connectivity index (χ2v) is 23.5. The summed E-state index contributed by atoms with van der Waals surface area (Å²) in [6.45, 7) is 1.27. The lowest BCUT2D eigenvalue weighted by molar-refractivity contribution is -0.184. The van der Waals surface area contributed by atoms with Gasteiger partial charge >= 0.3 is 11.9 Å². The van der Waals surface area contributed by atoms with E-state index < -0.39 is 39.5 Å². The third-order valence-electron chi connectivity index (χ3n) is 17.1. The molecule has 8 heterocycles. The van der Waals surface area contributed by atoms with Crippen molar-refractivity contribution >= 4 is 78.9 Å². The van der Waals surface area contributed by atoms with Crippen LogP contribution in [0.25, 0.3) is 43.6 Å². The Morgan fingerprint density at radius 1 is 0.432 bits per heavy atom. The molecule has 0 spiro atoms. The zero-order valence-corrected chi connectivity index (χ0v) is 48.9. The molecule has 0 aliphatic carbocycles. The van der Waals surface area contributed by atoms with Crippen LogP contribution in [0, 0.1) is 21.7 Å². The van der Waals surface area contributed by atoms with Gasteiger partial charge in [-0.25, -0.2) is 0 Å². The summed E-state index contributed by atoms with van der Waals surface area (Å²) in [5.41, 5.74) is 40.1. The number of hydrogen-bond acceptors (Lipinski definition) is 14. The van der Waals surface area contributed by atoms with Gasteiger partial charge in [0.15, 0.2) is 22.4 Å². The fourth-order valence-electron chi connectivity index (χ4n) is 11.1. The minimum atomic E-state index is -1.35. The number of carboxylic acid groups (broad SMARTS) is 2. The number of nitrogens with two attached hydrogens (primary N) is 6. The summed E-state index contributed by atoms with van der Waals surface area (Å²) in [5.74, 6) is -3.36. The van der Waals surface area contributed by atoms with E-state index in [0.29, 0.717) is 51.7 Å². The monoisotopic (exact) mass is 1200 g/mol. The number of rotatable bonds is 24. The zero-order chi connectivity index (χ0) is 62.6. The summed E-state index contributed by atoms with van der Waals surface area (Å²) in [4.78, 5) is 82.7. The van der Waals surface area contributed by atoms with Gasteiger partial charge in [0.1, 0.15) is 10.8 Å². The number of ketones is 2. The molecule has 4 aromatic heterocycles. The van der Waals surface area contributed by atoms with Crippen LogP contribution in [0.1, 0.15) is 47.9 Å². The Morgan fingerprint density at radius 2 is 0.750 bits per heavy atom. The standard InChI is InChI=1S/C17H21N3O3.C17H20N2O4.C16H19N3O2.C16H18N2O3/c18-12(5-6-15(21)17(16(19)22)9-23-10-17)7-11-8-20-14-4-2-1-3-13(11)14;18-12(5-6-15(20)17(16(21)22)9-23-10-17)7-11-8-19-14-4-2-1-3-13(11)14;17-12(5-6-16(15(18)20)9-21-10-16)7-11-8-19-14-4-2-1-3-13(11)14;17-12(5-6-16(15(19)20)9-21-10-16)7-11-8-18-14-4-2-1-3-13(11)14/h1-4,8,12,20H,5-7,9-10,18H2,(H2,19,22);1-4,8,12,19H,5-7,9-10,18H2,(H,21,22);1-6,8,12,19H,7,9-10,17H2,(H2,18,20);1-6,8,12,18H,7,9-10,17H2,(H,19,20)/b;;2*6-5+/t4*12-/m0000/s1. The van der Waals surface area contributed by atoms with Crippen molar-refractivity contribution in [1.29, 1.82) is 0 Å². The Labute approximate surface area is 507 Å². The molecule has 8 aromatic rings. The Bertz CT molecular complexity index is 3580. The van der Waals surface area contributed by atoms with Gasteiger partial charge in [0, 0.05) is 105 Å². The molecule has 18 N–H and O–H groups in total. The number of nitrogens with one attached hydrogen (secondary N) is 4. The van der Waals surface area contributed by atoms with Gasteiger partial charge in [0.25, 0.3) is 0 Å². The first-order valence-corrected chi connectivity index (χ1v) is 29.3. The maximum atomic E-state index is 12.3. The highest BCUT2D eigenvalue weighted by molar-refractivity contribution is 6.06. The van der Waals surface area contributed by atoms with E-state index in [4.69, 9.17) is 53.3 Å². The molecule has 22 nitrogen and oxygen atoms in total. The zero-order valence-electron chi connectivity index (χ0n) is 48.9. The van der Waals surface area contributed by atoms with Crippen LogP contribution in [0.5, 0.6) is 0 Å². The number of H-pyrrole nitrogens is 4. The van der Waals surface area contributed by atoms with Gasteiger partial charge in [-0.3, -0.25) is 28.8 Å². The van der Waals surface area contributed by atoms with Crippen LogP contribution in [-0.2, 0) is 73.4 Å². The quantitative estimate of drug-likeness (QED) is 0.0274. The van der Waals surface area contributed by atoms with Gasteiger partial charge in [-0.2, -0.15) is 0 Å². The number of aromatic nitrogens is 4. The number of primary amides is 2. The maximum absolute atomic E-state index is 12.3. The lowest BCUT2D eigenvalue weighted by atomic mass is 9.78. The van der Waals surface area contributed by atoms with Crippen molar-refractivity contribution in [3.8, 4) is 0 Å². The first-order chi connectivity index (χ1) is 42.3. The Balaban J connectivity index is 0.000000140. The average molecular weight is 1200 g/mol. The molecule has 12 rings (SSSR count). The molecule has 4 aliphatic rings. The molecule has 4 fully saturated rings. The van der Waals surface area contributed by atoms with E-state index in [-0.39, 0.29) is 94.1 Å². The number of carboxylic acids is 2. The Morgan fingerprint density at radius 3 is 1.03 bits per heavy atom. The third-order valence-corrected chi connectivity index (χ3v) is 17.1. The van der Waals surface area contributed by atoms with Crippen LogP contribution < -0.4 is 34.4 Å². The number of hydrogen-bond donors (Lipinski definition) is 12. The van der Waals surface area contributed by atoms with Crippen LogP contribution in [-0.4, -0.2) is 142 Å². The summed E-state index contributed by atoms with van der Waals surface area (Å²) >= 11 is 0. The predicted octanol–water partition coefficient (Wildman–Crippen LogP) is 5.17. The Kier molecular flexibility index (Phi) is 20.4. The van der Waals surface area contributed by atoms with Crippen molar-refractivity contribution in [2.75, 3.05) is 52.9 Å². The molecular weight excluding hydrogens is 1120 g/mol. The topological polar surface area (TPSA) is 399 Å². The first kappa shape index (κ1) is 63.9. The van der Waals surface area contributed by atoms with Crippen molar-refractivity contribution in [3.63, 3.8) is 0 Å². The van der Waals surface area contributed by atoms with Crippen LogP contribution in [0.2, 0.25) is 0 Å². The minimum absolute atomic E-state index is 0.0289. The van der Waals surface area contributed by atoms with Crippen molar-refractivity contribution < 1.29 is 57.9 Å². The molecule has 0 radical (unpaired) electrons. The predicted molar refractivity (Wildman–Crippen MR) is 333 cm³/mol. The number of carbonyl (C=O) groups excluding carboxylic acids is 4. The van der Waals surface area contributed by atoms with Crippen molar-refractivity contribution in [2.45, 2.75) is 75.5 Å². The van der Waals surface area contributed by atoms with E-state index in [1.165, 1.54) is 10.9 Å². The number of benzene rings is 4. The highest BCUT2D eigenvalue weighted by atomic mass is 16.5. The van der Waals surface area contributed by atoms with E-state index >= 15 is 0 Å². The number of Topliss-reactive ketones (excluding diaryl/α,β-unsaturated/α-hetero) is 2. The molecule has 22 heteroatoms. The van der Waals surface area contributed by atoms with Crippen LogP contribution in [0.15, 0.2) is 146 Å². The van der Waals surface area contributed by atoms with Gasteiger partial charge < -0.3 is 83.5 Å². The maximum Gasteiger partial charge on any atom is 0.322 e. The van der Waals surface area contributed by atoms with Gasteiger partial charge in [0.05, 0.1) is 52.9 Å². The fraction of sp³-hybridized carbons (Fsp3) is 0.364. The lowest BCUT2D eigenvalue weighted by Gasteiger charge is -2.37. The van der Waals surface area contributed by atoms with E-state index in [9.17, 15) is 39.0 Å². The molecule has 4 saturated heterocycles. The van der Waals surface area contributed by atoms with E-state index in [2.05, 4.69) is 32.1 Å². The summed E-state index contributed by atoms with van der Waals surface area (Å²) in [5, 5.41) is 23.0. The molecule has 2 amide bonds. The summed E-state index contributed by atoms with van der Waals surface area (Å²) < 4.78 is 20.0. The number of para-hydroxylation sites is 4. The normalized spacial score (nSPS) is 18.1. The molecule has 0 bridgehead atoms. The number of amides is 2. The van der Waals surface area contributed by atoms with E-state index in [1.54, 1.807) is 18.2 Å². The van der Waals surface area contributed by atoms with Crippen molar-refractivity contribution in [3.05, 3.63) is 168 Å². The number of ether oxygens (including phenoxy) is 4. The minimum Gasteiger partial charge on any atom is -0.480 e. The van der Waals surface area contributed by atoms with E-state index in [1.807, 2.05) is 116 Å². The molecule has 88 heavy (non-hydrogen) atoms. The largest absolute Gasteiger partial charge is 0.480 e. The number of aliphatic carboxylic acids is 2. The Hall–Kier alpha value is -8.58. The van der Waals surface area contributed by atoms with Gasteiger partial charge in [-0.05, 0) is 85.0 Å². The second kappa shape index (κ2) is 28.1. The van der Waals surface area contributed by atoms with Crippen molar-refractivity contribution in [2.24, 2.45) is 56.1 Å². The average Bonchev–Trinajstić information content (AvgIpc) is 1.79. The fourth-order valence-corrected chi connectivity index (χ4v) is 11.1. The molecule has 0 saturated carbocycles. The molecule has 0 unspecified atom stereocenters. The summed E-state index contributed by atoms with van der Waals surface area (Å²) in [6, 6.07) is 31.4. The van der Waals surface area contributed by atoms with Crippen LogP contribution in [0.4, 0.5) is 0 Å². The first-order valence-electron chi connectivity index (χ1n) is 29.3. The van der Waals surface area contributed by atoms with Crippen molar-refractivity contribution in [1.82, 2.24) is 19.9 Å². The molecule has 4 aromatic carbocycles. The van der Waals surface area contributed by atoms with Gasteiger partial charge in [-0.15, -0.1) is 0 Å². The smallest absolute Gasteiger partial charge is 0.322 e. The third kappa shape index (κ3) is 14.4. The number of aromatic amines is 4. The molecule has 4 atom stereocenters. The van der Waals surface area contributed by atoms with Gasteiger partial charge in [0.2, 0.25) is 11.8 Å². The number of carbonyl (C=O) groups is 6.